The molecule has 0 bridgehead atoms. The number of para-hydroxylation sites is 1. The van der Waals surface area contributed by atoms with Crippen LogP contribution in [0.2, 0.25) is 0 Å². The van der Waals surface area contributed by atoms with Gasteiger partial charge >= 0.3 is 0 Å². The highest BCUT2D eigenvalue weighted by Gasteiger charge is 2.15. The van der Waals surface area contributed by atoms with Crippen molar-refractivity contribution in [3.8, 4) is 11.8 Å². The zero-order valence-corrected chi connectivity index (χ0v) is 12.7. The third kappa shape index (κ3) is 3.62. The molecule has 0 fully saturated rings. The van der Waals surface area contributed by atoms with E-state index >= 15 is 0 Å². The van der Waals surface area contributed by atoms with Crippen molar-refractivity contribution in [2.45, 2.75) is 19.5 Å². The van der Waals surface area contributed by atoms with Crippen LogP contribution in [0.4, 0.5) is 0 Å². The summed E-state index contributed by atoms with van der Waals surface area (Å²) in [7, 11) is 3.79. The van der Waals surface area contributed by atoms with Crippen LogP contribution in [0.25, 0.3) is 0 Å². The van der Waals surface area contributed by atoms with Crippen molar-refractivity contribution in [3.63, 3.8) is 0 Å². The standard InChI is InChI=1S/C18H20N2O/c1-14(17-6-4-5-7-18(17)21-3)20(2)13-16-10-8-15(12-19)9-11-16/h4-11,14H,13H2,1-3H3/t14-/m1/s1. The lowest BCUT2D eigenvalue weighted by Crippen LogP contribution is -2.22. The molecule has 2 aromatic carbocycles. The average Bonchev–Trinajstić information content (AvgIpc) is 2.54. The molecule has 0 aliphatic carbocycles. The van der Waals surface area contributed by atoms with Crippen LogP contribution in [0.3, 0.4) is 0 Å². The van der Waals surface area contributed by atoms with Gasteiger partial charge in [0.05, 0.1) is 18.7 Å². The normalized spacial score (nSPS) is 12.0. The third-order valence-electron chi connectivity index (χ3n) is 3.77. The number of nitrogens with zero attached hydrogens (tertiary/aromatic N) is 2. The third-order valence-corrected chi connectivity index (χ3v) is 3.77. The van der Waals surface area contributed by atoms with Crippen LogP contribution < -0.4 is 4.74 Å². The first-order valence-corrected chi connectivity index (χ1v) is 6.98. The van der Waals surface area contributed by atoms with Crippen LogP contribution in [-0.4, -0.2) is 19.1 Å². The van der Waals surface area contributed by atoms with Gasteiger partial charge in [-0.1, -0.05) is 30.3 Å². The molecule has 2 aromatic rings. The Labute approximate surface area is 126 Å². The number of nitriles is 1. The van der Waals surface area contributed by atoms with Gasteiger partial charge in [0.2, 0.25) is 0 Å². The van der Waals surface area contributed by atoms with Crippen LogP contribution in [0.1, 0.15) is 29.7 Å². The van der Waals surface area contributed by atoms with Crippen LogP contribution >= 0.6 is 0 Å². The van der Waals surface area contributed by atoms with Gasteiger partial charge in [-0.15, -0.1) is 0 Å². The van der Waals surface area contributed by atoms with Crippen molar-refractivity contribution >= 4 is 0 Å². The average molecular weight is 280 g/mol. The predicted octanol–water partition coefficient (Wildman–Crippen LogP) is 3.76. The fourth-order valence-corrected chi connectivity index (χ4v) is 2.36. The molecule has 0 N–H and O–H groups in total. The molecule has 0 spiro atoms. The highest BCUT2D eigenvalue weighted by Crippen LogP contribution is 2.28. The van der Waals surface area contributed by atoms with E-state index < -0.39 is 0 Å². The monoisotopic (exact) mass is 280 g/mol. The molecule has 0 aliphatic rings. The SMILES string of the molecule is COc1ccccc1[C@@H](C)N(C)Cc1ccc(C#N)cc1. The van der Waals surface area contributed by atoms with Crippen molar-refractivity contribution in [2.24, 2.45) is 0 Å². The van der Waals surface area contributed by atoms with Crippen LogP contribution in [0.15, 0.2) is 48.5 Å². The highest BCUT2D eigenvalue weighted by atomic mass is 16.5. The van der Waals surface area contributed by atoms with E-state index in [2.05, 4.69) is 31.0 Å². The van der Waals surface area contributed by atoms with E-state index in [4.69, 9.17) is 10.00 Å². The van der Waals surface area contributed by atoms with E-state index in [-0.39, 0.29) is 6.04 Å². The maximum absolute atomic E-state index is 8.83. The van der Waals surface area contributed by atoms with Gasteiger partial charge in [-0.25, -0.2) is 0 Å². The molecule has 0 aliphatic heterocycles. The summed E-state index contributed by atoms with van der Waals surface area (Å²) in [6, 6.07) is 18.2. The second kappa shape index (κ2) is 6.92. The summed E-state index contributed by atoms with van der Waals surface area (Å²) in [4.78, 5) is 2.26. The van der Waals surface area contributed by atoms with E-state index in [1.807, 2.05) is 42.5 Å². The molecule has 2 rings (SSSR count). The first-order valence-electron chi connectivity index (χ1n) is 6.98. The Kier molecular flexibility index (Phi) is 4.97. The van der Waals surface area contributed by atoms with Crippen molar-refractivity contribution < 1.29 is 4.74 Å². The number of methoxy groups -OCH3 is 1. The van der Waals surface area contributed by atoms with E-state index in [0.717, 1.165) is 12.3 Å². The van der Waals surface area contributed by atoms with Gasteiger partial charge in [-0.2, -0.15) is 5.26 Å². The Balaban J connectivity index is 2.11. The number of hydrogen-bond donors (Lipinski definition) is 0. The quantitative estimate of drug-likeness (QED) is 0.836. The predicted molar refractivity (Wildman–Crippen MR) is 84.0 cm³/mol. The molecule has 0 saturated heterocycles. The summed E-state index contributed by atoms with van der Waals surface area (Å²) < 4.78 is 5.43. The van der Waals surface area contributed by atoms with Crippen molar-refractivity contribution in [1.82, 2.24) is 4.90 Å². The van der Waals surface area contributed by atoms with Gasteiger partial charge in [0.25, 0.3) is 0 Å². The van der Waals surface area contributed by atoms with Crippen molar-refractivity contribution in [2.75, 3.05) is 14.2 Å². The van der Waals surface area contributed by atoms with Gasteiger partial charge in [0.15, 0.2) is 0 Å². The first-order chi connectivity index (χ1) is 10.2. The minimum absolute atomic E-state index is 0.247. The van der Waals surface area contributed by atoms with E-state index in [1.165, 1.54) is 11.1 Å². The van der Waals surface area contributed by atoms with Gasteiger partial charge in [-0.05, 0) is 37.7 Å². The lowest BCUT2D eigenvalue weighted by atomic mass is 10.0. The Bertz CT molecular complexity index is 628. The molecule has 1 atom stereocenters. The zero-order chi connectivity index (χ0) is 15.2. The number of ether oxygens (including phenoxy) is 1. The summed E-state index contributed by atoms with van der Waals surface area (Å²) in [6.45, 7) is 2.99. The maximum atomic E-state index is 8.83. The summed E-state index contributed by atoms with van der Waals surface area (Å²) in [5.74, 6) is 0.914. The minimum atomic E-state index is 0.247. The Morgan fingerprint density at radius 3 is 2.43 bits per heavy atom. The van der Waals surface area contributed by atoms with Crippen LogP contribution in [-0.2, 0) is 6.54 Å². The first kappa shape index (κ1) is 15.1. The maximum Gasteiger partial charge on any atom is 0.123 e. The van der Waals surface area contributed by atoms with E-state index in [9.17, 15) is 0 Å². The molecule has 0 heterocycles. The summed E-state index contributed by atoms with van der Waals surface area (Å²) >= 11 is 0. The van der Waals surface area contributed by atoms with Crippen molar-refractivity contribution in [1.29, 1.82) is 5.26 Å². The molecule has 0 unspecified atom stereocenters. The second-order valence-corrected chi connectivity index (χ2v) is 5.14. The molecule has 0 saturated carbocycles. The number of rotatable bonds is 5. The minimum Gasteiger partial charge on any atom is -0.496 e. The highest BCUT2D eigenvalue weighted by molar-refractivity contribution is 5.36. The van der Waals surface area contributed by atoms with Crippen LogP contribution in [0, 0.1) is 11.3 Å². The number of hydrogen-bond acceptors (Lipinski definition) is 3. The molecular formula is C18H20N2O. The molecule has 108 valence electrons. The molecule has 3 heteroatoms. The van der Waals surface area contributed by atoms with Crippen LogP contribution in [0.5, 0.6) is 5.75 Å². The fourth-order valence-electron chi connectivity index (χ4n) is 2.36. The number of benzene rings is 2. The fraction of sp³-hybridized carbons (Fsp3) is 0.278. The topological polar surface area (TPSA) is 36.3 Å². The zero-order valence-electron chi connectivity index (χ0n) is 12.7. The summed E-state index contributed by atoms with van der Waals surface area (Å²) in [6.07, 6.45) is 0. The van der Waals surface area contributed by atoms with Crippen molar-refractivity contribution in [3.05, 3.63) is 65.2 Å². The summed E-state index contributed by atoms with van der Waals surface area (Å²) in [5.41, 5.74) is 3.06. The van der Waals surface area contributed by atoms with Gasteiger partial charge < -0.3 is 4.74 Å². The molecule has 21 heavy (non-hydrogen) atoms. The largest absolute Gasteiger partial charge is 0.496 e. The van der Waals surface area contributed by atoms with Gasteiger partial charge in [0.1, 0.15) is 5.75 Å². The molecule has 3 nitrogen and oxygen atoms in total. The van der Waals surface area contributed by atoms with Gasteiger partial charge in [0, 0.05) is 18.2 Å². The summed E-state index contributed by atoms with van der Waals surface area (Å²) in [5, 5.41) is 8.83. The molecular weight excluding hydrogens is 260 g/mol. The van der Waals surface area contributed by atoms with Gasteiger partial charge in [-0.3, -0.25) is 4.90 Å². The smallest absolute Gasteiger partial charge is 0.123 e. The van der Waals surface area contributed by atoms with E-state index in [0.29, 0.717) is 5.56 Å². The lowest BCUT2D eigenvalue weighted by molar-refractivity contribution is 0.247. The Morgan fingerprint density at radius 2 is 1.81 bits per heavy atom. The second-order valence-electron chi connectivity index (χ2n) is 5.14. The Morgan fingerprint density at radius 1 is 1.14 bits per heavy atom. The van der Waals surface area contributed by atoms with E-state index in [1.54, 1.807) is 7.11 Å². The lowest BCUT2D eigenvalue weighted by Gasteiger charge is -2.26. The molecule has 0 radical (unpaired) electrons. The Hall–Kier alpha value is -2.31. The molecule has 0 aromatic heterocycles. The molecule has 0 amide bonds.